The predicted molar refractivity (Wildman–Crippen MR) is 116 cm³/mol. The fourth-order valence-corrected chi connectivity index (χ4v) is 3.58. The molecule has 0 aliphatic rings. The molecule has 0 saturated heterocycles. The molecule has 0 saturated carbocycles. The summed E-state index contributed by atoms with van der Waals surface area (Å²) in [6, 6.07) is 9.00. The van der Waals surface area contributed by atoms with Crippen LogP contribution >= 0.6 is 0 Å². The number of carbonyl (C=O) groups is 1. The molecule has 4 rings (SSSR count). The molecule has 0 fully saturated rings. The minimum atomic E-state index is -0.692. The van der Waals surface area contributed by atoms with Crippen LogP contribution in [0.3, 0.4) is 0 Å². The number of anilines is 1. The third-order valence-electron chi connectivity index (χ3n) is 5.19. The molecule has 166 valence electrons. The Labute approximate surface area is 183 Å². The van der Waals surface area contributed by atoms with Gasteiger partial charge in [-0.2, -0.15) is 10.1 Å². The van der Waals surface area contributed by atoms with E-state index in [1.807, 2.05) is 13.1 Å². The average Bonchev–Trinajstić information content (AvgIpc) is 3.40. The van der Waals surface area contributed by atoms with E-state index in [1.165, 1.54) is 16.6 Å². The van der Waals surface area contributed by atoms with Crippen LogP contribution in [0.1, 0.15) is 42.4 Å². The maximum Gasteiger partial charge on any atom is 0.270 e. The van der Waals surface area contributed by atoms with Crippen molar-refractivity contribution in [3.63, 3.8) is 0 Å². The fourth-order valence-electron chi connectivity index (χ4n) is 3.58. The van der Waals surface area contributed by atoms with Crippen molar-refractivity contribution in [1.29, 1.82) is 0 Å². The van der Waals surface area contributed by atoms with Gasteiger partial charge in [0.15, 0.2) is 5.65 Å². The van der Waals surface area contributed by atoms with E-state index in [9.17, 15) is 13.6 Å². The number of rotatable bonds is 7. The summed E-state index contributed by atoms with van der Waals surface area (Å²) >= 11 is 0. The Morgan fingerprint density at radius 2 is 1.97 bits per heavy atom. The molecule has 0 bridgehead atoms. The fraction of sp³-hybridized carbons (Fsp3) is 0.273. The minimum Gasteiger partial charge on any atom is -0.366 e. The standard InChI is InChI=1S/C22H23F2N7O/c1-3-18(14-4-6-17(24)7-5-14)30-12-16(11-26-30)15-8-19(21(32)27-13(2)10-23)31-20(9-15)28-22(25)29-31/h4-9,11-13,18H,3,10H2,1-2H3,(H2,25,29)(H,27,32). The summed E-state index contributed by atoms with van der Waals surface area (Å²) in [5.74, 6) is -0.761. The smallest absolute Gasteiger partial charge is 0.270 e. The number of benzene rings is 1. The number of nitrogens with two attached hydrogens (primary N) is 1. The molecule has 2 unspecified atom stereocenters. The van der Waals surface area contributed by atoms with E-state index < -0.39 is 18.6 Å². The molecule has 0 aliphatic carbocycles. The maximum atomic E-state index is 13.3. The van der Waals surface area contributed by atoms with Gasteiger partial charge in [0.2, 0.25) is 5.95 Å². The lowest BCUT2D eigenvalue weighted by Gasteiger charge is -2.16. The number of nitrogens with zero attached hydrogens (tertiary/aromatic N) is 5. The maximum absolute atomic E-state index is 13.3. The van der Waals surface area contributed by atoms with Gasteiger partial charge in [0.1, 0.15) is 18.2 Å². The number of amides is 1. The van der Waals surface area contributed by atoms with Crippen molar-refractivity contribution in [2.45, 2.75) is 32.4 Å². The molecule has 1 amide bonds. The van der Waals surface area contributed by atoms with Crippen molar-refractivity contribution in [1.82, 2.24) is 29.7 Å². The summed E-state index contributed by atoms with van der Waals surface area (Å²) in [6.07, 6.45) is 4.29. The number of nitrogens with one attached hydrogen (secondary N) is 1. The van der Waals surface area contributed by atoms with Crippen molar-refractivity contribution in [2.75, 3.05) is 12.4 Å². The summed E-state index contributed by atoms with van der Waals surface area (Å²) in [7, 11) is 0. The Kier molecular flexibility index (Phi) is 5.85. The topological polar surface area (TPSA) is 103 Å². The van der Waals surface area contributed by atoms with Crippen molar-refractivity contribution in [3.8, 4) is 11.1 Å². The third kappa shape index (κ3) is 4.16. The normalized spacial score (nSPS) is 13.2. The Hall–Kier alpha value is -3.82. The summed E-state index contributed by atoms with van der Waals surface area (Å²) in [5, 5.41) is 11.2. The van der Waals surface area contributed by atoms with Gasteiger partial charge in [0.05, 0.1) is 18.3 Å². The second kappa shape index (κ2) is 8.74. The van der Waals surface area contributed by atoms with Crippen molar-refractivity contribution in [3.05, 3.63) is 65.9 Å². The van der Waals surface area contributed by atoms with E-state index in [2.05, 4.69) is 20.5 Å². The lowest BCUT2D eigenvalue weighted by atomic mass is 10.0. The molecule has 2 atom stereocenters. The van der Waals surface area contributed by atoms with Gasteiger partial charge >= 0.3 is 0 Å². The Balaban J connectivity index is 1.73. The zero-order valence-corrected chi connectivity index (χ0v) is 17.7. The van der Waals surface area contributed by atoms with E-state index in [1.54, 1.807) is 42.1 Å². The van der Waals surface area contributed by atoms with Crippen LogP contribution in [0.15, 0.2) is 48.8 Å². The highest BCUT2D eigenvalue weighted by Gasteiger charge is 2.19. The van der Waals surface area contributed by atoms with Gasteiger partial charge in [0, 0.05) is 11.8 Å². The highest BCUT2D eigenvalue weighted by Crippen LogP contribution is 2.27. The Morgan fingerprint density at radius 1 is 1.22 bits per heavy atom. The number of nitrogen functional groups attached to an aromatic ring is 1. The average molecular weight is 439 g/mol. The second-order valence-electron chi connectivity index (χ2n) is 7.58. The van der Waals surface area contributed by atoms with E-state index in [-0.39, 0.29) is 23.5 Å². The monoisotopic (exact) mass is 439 g/mol. The molecule has 8 nitrogen and oxygen atoms in total. The van der Waals surface area contributed by atoms with E-state index in [0.717, 1.165) is 17.5 Å². The van der Waals surface area contributed by atoms with Crippen LogP contribution < -0.4 is 11.1 Å². The highest BCUT2D eigenvalue weighted by molar-refractivity contribution is 5.95. The van der Waals surface area contributed by atoms with Crippen molar-refractivity contribution < 1.29 is 13.6 Å². The molecule has 0 radical (unpaired) electrons. The van der Waals surface area contributed by atoms with Crippen LogP contribution in [0.25, 0.3) is 16.8 Å². The lowest BCUT2D eigenvalue weighted by molar-refractivity contribution is 0.0926. The van der Waals surface area contributed by atoms with Gasteiger partial charge in [0.25, 0.3) is 5.91 Å². The van der Waals surface area contributed by atoms with Gasteiger partial charge in [-0.3, -0.25) is 9.48 Å². The van der Waals surface area contributed by atoms with Gasteiger partial charge in [-0.05, 0) is 48.7 Å². The first-order chi connectivity index (χ1) is 15.4. The molecule has 0 spiro atoms. The largest absolute Gasteiger partial charge is 0.366 e. The zero-order chi connectivity index (χ0) is 22.8. The van der Waals surface area contributed by atoms with Crippen LogP contribution in [0.4, 0.5) is 14.7 Å². The van der Waals surface area contributed by atoms with Crippen LogP contribution in [0.2, 0.25) is 0 Å². The number of hydrogen-bond donors (Lipinski definition) is 2. The molecule has 32 heavy (non-hydrogen) atoms. The van der Waals surface area contributed by atoms with E-state index in [0.29, 0.717) is 11.2 Å². The molecular weight excluding hydrogens is 416 g/mol. The predicted octanol–water partition coefficient (Wildman–Crippen LogP) is 3.40. The number of aromatic nitrogens is 5. The molecule has 10 heteroatoms. The number of fused-ring (bicyclic) bond motifs is 1. The number of alkyl halides is 1. The Morgan fingerprint density at radius 3 is 2.66 bits per heavy atom. The van der Waals surface area contributed by atoms with E-state index in [4.69, 9.17) is 5.73 Å². The summed E-state index contributed by atoms with van der Waals surface area (Å²) in [6.45, 7) is 2.90. The van der Waals surface area contributed by atoms with E-state index >= 15 is 0 Å². The van der Waals surface area contributed by atoms with Crippen LogP contribution in [0.5, 0.6) is 0 Å². The SMILES string of the molecule is CCC(c1ccc(F)cc1)n1cc(-c2cc(C(=O)NC(C)CF)n3nc(N)nc3c2)cn1. The minimum absolute atomic E-state index is 0.0211. The molecular formula is C22H23F2N7O. The second-order valence-corrected chi connectivity index (χ2v) is 7.58. The van der Waals surface area contributed by atoms with Gasteiger partial charge in [-0.15, -0.1) is 5.10 Å². The first-order valence-corrected chi connectivity index (χ1v) is 10.2. The lowest BCUT2D eigenvalue weighted by Crippen LogP contribution is -2.35. The zero-order valence-electron chi connectivity index (χ0n) is 17.7. The van der Waals surface area contributed by atoms with Crippen molar-refractivity contribution in [2.24, 2.45) is 0 Å². The number of carbonyl (C=O) groups excluding carboxylic acids is 1. The first kappa shape index (κ1) is 21.4. The number of halogens is 2. The first-order valence-electron chi connectivity index (χ1n) is 10.2. The van der Waals surface area contributed by atoms with Gasteiger partial charge in [-0.1, -0.05) is 19.1 Å². The molecule has 1 aromatic carbocycles. The van der Waals surface area contributed by atoms with Crippen LogP contribution in [-0.4, -0.2) is 43.0 Å². The van der Waals surface area contributed by atoms with Gasteiger partial charge in [-0.25, -0.2) is 13.3 Å². The molecule has 0 aliphatic heterocycles. The van der Waals surface area contributed by atoms with Crippen molar-refractivity contribution >= 4 is 17.5 Å². The number of hydrogen-bond acceptors (Lipinski definition) is 5. The van der Waals surface area contributed by atoms with Crippen LogP contribution in [0, 0.1) is 5.82 Å². The molecule has 4 aromatic rings. The number of pyridine rings is 1. The molecule has 3 heterocycles. The molecule has 3 aromatic heterocycles. The summed E-state index contributed by atoms with van der Waals surface area (Å²) < 4.78 is 29.3. The molecule has 3 N–H and O–H groups in total. The quantitative estimate of drug-likeness (QED) is 0.459. The van der Waals surface area contributed by atoms with Crippen LogP contribution in [-0.2, 0) is 0 Å². The third-order valence-corrected chi connectivity index (χ3v) is 5.19. The summed E-state index contributed by atoms with van der Waals surface area (Å²) in [4.78, 5) is 16.9. The summed E-state index contributed by atoms with van der Waals surface area (Å²) in [5.41, 5.74) is 8.67. The Bertz CT molecular complexity index is 1250. The van der Waals surface area contributed by atoms with Gasteiger partial charge < -0.3 is 11.1 Å². The highest BCUT2D eigenvalue weighted by atomic mass is 19.1.